The van der Waals surface area contributed by atoms with E-state index in [1.54, 1.807) is 0 Å². The Morgan fingerprint density at radius 1 is 1.48 bits per heavy atom. The molecular weight excluding hydrogens is 328 g/mol. The number of sulfonamides is 1. The van der Waals surface area contributed by atoms with Gasteiger partial charge in [0.1, 0.15) is 5.76 Å². The molecule has 10 heteroatoms. The molecule has 1 amide bonds. The van der Waals surface area contributed by atoms with Crippen molar-refractivity contribution in [3.63, 3.8) is 0 Å². The Hall–Kier alpha value is -1.91. The number of carbonyl (C=O) groups excluding carboxylic acids is 1. The van der Waals surface area contributed by atoms with Gasteiger partial charge < -0.3 is 19.2 Å². The first-order chi connectivity index (χ1) is 10.7. The van der Waals surface area contributed by atoms with Crippen LogP contribution >= 0.6 is 0 Å². The highest BCUT2D eigenvalue weighted by molar-refractivity contribution is 7.89. The Balaban J connectivity index is 2.19. The highest BCUT2D eigenvalue weighted by Gasteiger charge is 2.30. The zero-order valence-electron chi connectivity index (χ0n) is 12.7. The van der Waals surface area contributed by atoms with Gasteiger partial charge in [-0.15, -0.1) is 0 Å². The summed E-state index contributed by atoms with van der Waals surface area (Å²) in [4.78, 5) is 24.7. The summed E-state index contributed by atoms with van der Waals surface area (Å²) in [7, 11) is -2.54. The predicted octanol–water partition coefficient (Wildman–Crippen LogP) is -0.188. The molecule has 9 nitrogen and oxygen atoms in total. The largest absolute Gasteiger partial charge is 0.481 e. The van der Waals surface area contributed by atoms with Crippen LogP contribution in [0.25, 0.3) is 0 Å². The molecule has 1 aliphatic rings. The molecule has 1 atom stereocenters. The summed E-state index contributed by atoms with van der Waals surface area (Å²) in [6, 6.07) is 1.17. The molecule has 128 valence electrons. The number of morpholine rings is 1. The monoisotopic (exact) mass is 346 g/mol. The van der Waals surface area contributed by atoms with Crippen molar-refractivity contribution in [2.75, 3.05) is 26.7 Å². The molecule has 1 aliphatic heterocycles. The fourth-order valence-corrected chi connectivity index (χ4v) is 3.00. The van der Waals surface area contributed by atoms with E-state index in [2.05, 4.69) is 4.72 Å². The quantitative estimate of drug-likeness (QED) is 0.757. The Morgan fingerprint density at radius 3 is 2.78 bits per heavy atom. The summed E-state index contributed by atoms with van der Waals surface area (Å²) in [5, 5.41) is 8.46. The first-order valence-corrected chi connectivity index (χ1v) is 8.39. The molecule has 0 aromatic carbocycles. The van der Waals surface area contributed by atoms with Gasteiger partial charge in [-0.1, -0.05) is 0 Å². The summed E-state index contributed by atoms with van der Waals surface area (Å²) < 4.78 is 36.0. The van der Waals surface area contributed by atoms with Crippen molar-refractivity contribution >= 4 is 21.9 Å². The lowest BCUT2D eigenvalue weighted by Crippen LogP contribution is -2.46. The highest BCUT2D eigenvalue weighted by atomic mass is 32.2. The van der Waals surface area contributed by atoms with Crippen molar-refractivity contribution in [1.82, 2.24) is 9.62 Å². The van der Waals surface area contributed by atoms with E-state index in [0.29, 0.717) is 6.54 Å². The van der Waals surface area contributed by atoms with E-state index in [9.17, 15) is 18.0 Å². The van der Waals surface area contributed by atoms with Crippen LogP contribution in [0.5, 0.6) is 0 Å². The topological polar surface area (TPSA) is 126 Å². The van der Waals surface area contributed by atoms with Gasteiger partial charge in [-0.25, -0.2) is 13.1 Å². The second kappa shape index (κ2) is 6.69. The minimum absolute atomic E-state index is 0.129. The van der Waals surface area contributed by atoms with Crippen LogP contribution in [0.4, 0.5) is 0 Å². The summed E-state index contributed by atoms with van der Waals surface area (Å²) in [5.74, 6) is -1.24. The number of ether oxygens (including phenoxy) is 1. The van der Waals surface area contributed by atoms with E-state index >= 15 is 0 Å². The first-order valence-electron chi connectivity index (χ1n) is 6.91. The summed E-state index contributed by atoms with van der Waals surface area (Å²) >= 11 is 0. The SMILES string of the molecule is CNS(=O)(=O)c1cc(C(=O)N2CCOC(CC(=O)O)C2)c(C)o1. The number of rotatable bonds is 5. The third kappa shape index (κ3) is 3.89. The molecule has 1 unspecified atom stereocenters. The Morgan fingerprint density at radius 2 is 2.17 bits per heavy atom. The average molecular weight is 346 g/mol. The van der Waals surface area contributed by atoms with E-state index in [-0.39, 0.29) is 36.0 Å². The number of aryl methyl sites for hydroxylation is 1. The molecule has 23 heavy (non-hydrogen) atoms. The van der Waals surface area contributed by atoms with E-state index in [4.69, 9.17) is 14.3 Å². The van der Waals surface area contributed by atoms with E-state index < -0.39 is 28.0 Å². The maximum Gasteiger partial charge on any atom is 0.306 e. The fourth-order valence-electron chi connectivity index (χ4n) is 2.29. The maximum absolute atomic E-state index is 12.5. The highest BCUT2D eigenvalue weighted by Crippen LogP contribution is 2.21. The summed E-state index contributed by atoms with van der Waals surface area (Å²) in [5.41, 5.74) is 0.134. The predicted molar refractivity (Wildman–Crippen MR) is 77.6 cm³/mol. The minimum atomic E-state index is -3.78. The number of nitrogens with one attached hydrogen (secondary N) is 1. The molecule has 0 radical (unpaired) electrons. The van der Waals surface area contributed by atoms with Gasteiger partial charge >= 0.3 is 5.97 Å². The lowest BCUT2D eigenvalue weighted by Gasteiger charge is -2.32. The van der Waals surface area contributed by atoms with Crippen molar-refractivity contribution in [3.05, 3.63) is 17.4 Å². The number of furan rings is 1. The standard InChI is InChI=1S/C13H18N2O7S/c1-8-10(6-12(22-8)23(19,20)14-2)13(18)15-3-4-21-9(7-15)5-11(16)17/h6,9,14H,3-5,7H2,1-2H3,(H,16,17). The first kappa shape index (κ1) is 17.4. The van der Waals surface area contributed by atoms with Crippen LogP contribution in [-0.4, -0.2) is 63.1 Å². The van der Waals surface area contributed by atoms with Crippen molar-refractivity contribution in [2.24, 2.45) is 0 Å². The Bertz CT molecular complexity index is 710. The molecule has 2 rings (SSSR count). The molecular formula is C13H18N2O7S. The molecule has 2 N–H and O–H groups in total. The number of amides is 1. The number of hydrogen-bond acceptors (Lipinski definition) is 6. The number of carboxylic acids is 1. The van der Waals surface area contributed by atoms with Crippen LogP contribution in [0.2, 0.25) is 0 Å². The second-order valence-corrected chi connectivity index (χ2v) is 6.90. The summed E-state index contributed by atoms with van der Waals surface area (Å²) in [6.07, 6.45) is -0.786. The van der Waals surface area contributed by atoms with Gasteiger partial charge in [-0.2, -0.15) is 0 Å². The second-order valence-electron chi connectivity index (χ2n) is 5.08. The van der Waals surface area contributed by atoms with Crippen LogP contribution in [0, 0.1) is 6.92 Å². The van der Waals surface area contributed by atoms with E-state index in [1.807, 2.05) is 0 Å². The molecule has 0 spiro atoms. The van der Waals surface area contributed by atoms with Gasteiger partial charge in [0.2, 0.25) is 5.09 Å². The zero-order chi connectivity index (χ0) is 17.2. The van der Waals surface area contributed by atoms with Crippen molar-refractivity contribution in [2.45, 2.75) is 24.5 Å². The normalized spacial score (nSPS) is 18.9. The molecule has 2 heterocycles. The molecule has 1 fully saturated rings. The third-order valence-electron chi connectivity index (χ3n) is 3.49. The molecule has 1 aromatic rings. The number of carbonyl (C=O) groups is 2. The van der Waals surface area contributed by atoms with Crippen LogP contribution in [-0.2, 0) is 19.6 Å². The van der Waals surface area contributed by atoms with Gasteiger partial charge in [0.15, 0.2) is 0 Å². The van der Waals surface area contributed by atoms with Crippen LogP contribution in [0.15, 0.2) is 15.6 Å². The van der Waals surface area contributed by atoms with E-state index in [0.717, 1.165) is 0 Å². The average Bonchev–Trinajstić information content (AvgIpc) is 2.89. The molecule has 1 aromatic heterocycles. The molecule has 0 saturated carbocycles. The smallest absolute Gasteiger partial charge is 0.306 e. The minimum Gasteiger partial charge on any atom is -0.481 e. The van der Waals surface area contributed by atoms with E-state index in [1.165, 1.54) is 24.9 Å². The van der Waals surface area contributed by atoms with Crippen LogP contribution in [0.1, 0.15) is 22.5 Å². The van der Waals surface area contributed by atoms with Crippen molar-refractivity contribution in [3.8, 4) is 0 Å². The number of nitrogens with zero attached hydrogens (tertiary/aromatic N) is 1. The van der Waals surface area contributed by atoms with Gasteiger partial charge in [-0.3, -0.25) is 9.59 Å². The van der Waals surface area contributed by atoms with Crippen LogP contribution < -0.4 is 4.72 Å². The van der Waals surface area contributed by atoms with Gasteiger partial charge in [0.25, 0.3) is 15.9 Å². The Labute approximate surface area is 133 Å². The van der Waals surface area contributed by atoms with Crippen LogP contribution in [0.3, 0.4) is 0 Å². The van der Waals surface area contributed by atoms with Gasteiger partial charge in [-0.05, 0) is 14.0 Å². The third-order valence-corrected chi connectivity index (χ3v) is 4.76. The van der Waals surface area contributed by atoms with Crippen molar-refractivity contribution < 1.29 is 32.3 Å². The molecule has 1 saturated heterocycles. The lowest BCUT2D eigenvalue weighted by atomic mass is 10.1. The van der Waals surface area contributed by atoms with Gasteiger partial charge in [0.05, 0.1) is 24.7 Å². The number of carboxylic acid groups (broad SMARTS) is 1. The lowest BCUT2D eigenvalue weighted by molar-refractivity contribution is -0.141. The summed E-state index contributed by atoms with van der Waals surface area (Å²) in [6.45, 7) is 2.15. The molecule has 0 aliphatic carbocycles. The zero-order valence-corrected chi connectivity index (χ0v) is 13.6. The van der Waals surface area contributed by atoms with Crippen molar-refractivity contribution in [1.29, 1.82) is 0 Å². The van der Waals surface area contributed by atoms with Gasteiger partial charge in [0, 0.05) is 19.2 Å². The fraction of sp³-hybridized carbons (Fsp3) is 0.538. The number of hydrogen-bond donors (Lipinski definition) is 2. The maximum atomic E-state index is 12.5. The Kier molecular flexibility index (Phi) is 5.07. The molecule has 0 bridgehead atoms. The number of aliphatic carboxylic acids is 1.